The van der Waals surface area contributed by atoms with Crippen LogP contribution in [0.1, 0.15) is 52.5 Å². The van der Waals surface area contributed by atoms with Crippen molar-refractivity contribution in [1.29, 1.82) is 0 Å². The average molecular weight is 487 g/mol. The van der Waals surface area contributed by atoms with E-state index in [9.17, 15) is 18.8 Å². The summed E-state index contributed by atoms with van der Waals surface area (Å²) in [6.45, 7) is 6.08. The largest absolute Gasteiger partial charge is 0.352 e. The highest BCUT2D eigenvalue weighted by Gasteiger charge is 2.21. The molecule has 1 amide bonds. The molecule has 1 N–H and O–H groups in total. The minimum absolute atomic E-state index is 0.00478. The van der Waals surface area contributed by atoms with Gasteiger partial charge in [-0.25, -0.2) is 9.18 Å². The maximum atomic E-state index is 13.4. The van der Waals surface area contributed by atoms with Gasteiger partial charge in [0.25, 0.3) is 11.5 Å². The van der Waals surface area contributed by atoms with Crippen LogP contribution < -0.4 is 16.6 Å². The molecular weight excluding hydrogens is 459 g/mol. The summed E-state index contributed by atoms with van der Waals surface area (Å²) in [5.41, 5.74) is 2.04. The second kappa shape index (κ2) is 10.5. The molecule has 0 fully saturated rings. The Hall–Kier alpha value is -4.33. The monoisotopic (exact) mass is 486 g/mol. The highest BCUT2D eigenvalue weighted by atomic mass is 19.1. The van der Waals surface area contributed by atoms with Crippen molar-refractivity contribution in [2.24, 2.45) is 0 Å². The zero-order valence-electron chi connectivity index (χ0n) is 20.4. The molecule has 8 heteroatoms. The molecule has 4 rings (SSSR count). The SMILES string of the molecule is Cc1ccccc1Cn1c(=O)c(C(=O)NCc2ccc(F)cc2)nn(-c2ccc(C(C)C)cc2)c1=O. The maximum absolute atomic E-state index is 13.4. The van der Waals surface area contributed by atoms with Gasteiger partial charge in [-0.05, 0) is 59.4 Å². The van der Waals surface area contributed by atoms with E-state index in [1.807, 2.05) is 43.3 Å². The van der Waals surface area contributed by atoms with E-state index in [-0.39, 0.29) is 18.9 Å². The Kier molecular flexibility index (Phi) is 7.24. The first-order valence-electron chi connectivity index (χ1n) is 11.7. The van der Waals surface area contributed by atoms with Crippen LogP contribution in [0.4, 0.5) is 4.39 Å². The molecule has 0 saturated carbocycles. The Labute approximate surface area is 207 Å². The third kappa shape index (κ3) is 5.33. The lowest BCUT2D eigenvalue weighted by Gasteiger charge is -2.14. The predicted octanol–water partition coefficient (Wildman–Crippen LogP) is 3.94. The van der Waals surface area contributed by atoms with Crippen molar-refractivity contribution in [3.63, 3.8) is 0 Å². The van der Waals surface area contributed by atoms with Gasteiger partial charge in [0.1, 0.15) is 5.82 Å². The average Bonchev–Trinajstić information content (AvgIpc) is 2.87. The van der Waals surface area contributed by atoms with Gasteiger partial charge in [-0.1, -0.05) is 62.4 Å². The Morgan fingerprint density at radius 3 is 2.28 bits per heavy atom. The Morgan fingerprint density at radius 1 is 0.972 bits per heavy atom. The number of carbonyl (C=O) groups excluding carboxylic acids is 1. The van der Waals surface area contributed by atoms with Crippen molar-refractivity contribution in [3.8, 4) is 5.69 Å². The number of hydrogen-bond donors (Lipinski definition) is 1. The lowest BCUT2D eigenvalue weighted by molar-refractivity contribution is 0.0941. The van der Waals surface area contributed by atoms with E-state index in [2.05, 4.69) is 24.3 Å². The lowest BCUT2D eigenvalue weighted by atomic mass is 10.0. The number of amides is 1. The summed E-state index contributed by atoms with van der Waals surface area (Å²) in [4.78, 5) is 39.8. The summed E-state index contributed by atoms with van der Waals surface area (Å²) < 4.78 is 15.3. The van der Waals surface area contributed by atoms with Gasteiger partial charge in [-0.2, -0.15) is 9.78 Å². The summed E-state index contributed by atoms with van der Waals surface area (Å²) in [7, 11) is 0. The van der Waals surface area contributed by atoms with Crippen molar-refractivity contribution < 1.29 is 9.18 Å². The number of carbonyl (C=O) groups is 1. The van der Waals surface area contributed by atoms with Gasteiger partial charge >= 0.3 is 5.69 Å². The summed E-state index contributed by atoms with van der Waals surface area (Å²) in [6.07, 6.45) is 0. The smallest absolute Gasteiger partial charge is 0.346 e. The first kappa shape index (κ1) is 24.8. The molecule has 0 aliphatic rings. The fourth-order valence-electron chi connectivity index (χ4n) is 3.79. The lowest BCUT2D eigenvalue weighted by Crippen LogP contribution is -2.46. The number of halogens is 1. The van der Waals surface area contributed by atoms with Gasteiger partial charge in [-0.3, -0.25) is 14.2 Å². The number of nitrogens with zero attached hydrogens (tertiary/aromatic N) is 3. The molecule has 7 nitrogen and oxygen atoms in total. The van der Waals surface area contributed by atoms with Gasteiger partial charge in [0, 0.05) is 6.54 Å². The molecule has 1 heterocycles. The summed E-state index contributed by atoms with van der Waals surface area (Å²) in [5, 5.41) is 6.81. The van der Waals surface area contributed by atoms with Crippen LogP contribution in [-0.4, -0.2) is 20.3 Å². The fraction of sp³-hybridized carbons (Fsp3) is 0.214. The Bertz CT molecular complexity index is 1500. The van der Waals surface area contributed by atoms with Crippen LogP contribution in [0, 0.1) is 12.7 Å². The molecule has 184 valence electrons. The van der Waals surface area contributed by atoms with Gasteiger partial charge in [0.2, 0.25) is 5.69 Å². The minimum Gasteiger partial charge on any atom is -0.346 e. The van der Waals surface area contributed by atoms with Crippen LogP contribution in [0.2, 0.25) is 0 Å². The molecule has 0 bridgehead atoms. The number of benzene rings is 3. The highest BCUT2D eigenvalue weighted by molar-refractivity contribution is 5.91. The van der Waals surface area contributed by atoms with E-state index < -0.39 is 22.9 Å². The van der Waals surface area contributed by atoms with E-state index in [0.29, 0.717) is 17.2 Å². The summed E-state index contributed by atoms with van der Waals surface area (Å²) in [6, 6.07) is 20.3. The van der Waals surface area contributed by atoms with Gasteiger partial charge in [-0.15, -0.1) is 0 Å². The third-order valence-corrected chi connectivity index (χ3v) is 6.04. The molecule has 0 radical (unpaired) electrons. The van der Waals surface area contributed by atoms with Crippen molar-refractivity contribution in [2.45, 2.75) is 39.8 Å². The Morgan fingerprint density at radius 2 is 1.64 bits per heavy atom. The second-order valence-electron chi connectivity index (χ2n) is 8.92. The van der Waals surface area contributed by atoms with E-state index in [1.54, 1.807) is 12.1 Å². The number of hydrogen-bond acceptors (Lipinski definition) is 4. The molecule has 36 heavy (non-hydrogen) atoms. The summed E-state index contributed by atoms with van der Waals surface area (Å²) in [5.74, 6) is -0.816. The van der Waals surface area contributed by atoms with Crippen LogP contribution in [0.3, 0.4) is 0 Å². The predicted molar refractivity (Wildman–Crippen MR) is 136 cm³/mol. The zero-order chi connectivity index (χ0) is 25.8. The van der Waals surface area contributed by atoms with Gasteiger partial charge in [0.05, 0.1) is 12.2 Å². The van der Waals surface area contributed by atoms with E-state index in [4.69, 9.17) is 0 Å². The van der Waals surface area contributed by atoms with Gasteiger partial charge < -0.3 is 5.32 Å². The fourth-order valence-corrected chi connectivity index (χ4v) is 3.79. The molecular formula is C28H27FN4O3. The standard InChI is InChI=1S/C28H27FN4O3/c1-18(2)21-10-14-24(15-11-21)33-28(36)32(17-22-7-5-4-6-19(22)3)27(35)25(31-33)26(34)30-16-20-8-12-23(29)13-9-20/h4-15,18H,16-17H2,1-3H3,(H,30,34). The van der Waals surface area contributed by atoms with E-state index in [0.717, 1.165) is 25.9 Å². The molecule has 0 saturated heterocycles. The van der Waals surface area contributed by atoms with Crippen molar-refractivity contribution in [2.75, 3.05) is 0 Å². The van der Waals surface area contributed by atoms with Crippen LogP contribution in [0.25, 0.3) is 5.69 Å². The molecule has 1 aromatic heterocycles. The Balaban J connectivity index is 1.77. The quantitative estimate of drug-likeness (QED) is 0.429. The molecule has 0 atom stereocenters. The topological polar surface area (TPSA) is 86.0 Å². The molecule has 0 aliphatic carbocycles. The molecule has 0 aliphatic heterocycles. The molecule has 3 aromatic carbocycles. The third-order valence-electron chi connectivity index (χ3n) is 6.04. The number of nitrogens with one attached hydrogen (secondary N) is 1. The molecule has 0 spiro atoms. The van der Waals surface area contributed by atoms with Crippen LogP contribution in [0.15, 0.2) is 82.4 Å². The van der Waals surface area contributed by atoms with Crippen LogP contribution in [0.5, 0.6) is 0 Å². The van der Waals surface area contributed by atoms with E-state index >= 15 is 0 Å². The first-order chi connectivity index (χ1) is 17.2. The zero-order valence-corrected chi connectivity index (χ0v) is 20.4. The summed E-state index contributed by atoms with van der Waals surface area (Å²) >= 11 is 0. The van der Waals surface area contributed by atoms with Gasteiger partial charge in [0.15, 0.2) is 0 Å². The second-order valence-corrected chi connectivity index (χ2v) is 8.92. The van der Waals surface area contributed by atoms with Crippen molar-refractivity contribution >= 4 is 5.91 Å². The van der Waals surface area contributed by atoms with Crippen molar-refractivity contribution in [3.05, 3.63) is 127 Å². The highest BCUT2D eigenvalue weighted by Crippen LogP contribution is 2.16. The van der Waals surface area contributed by atoms with Crippen molar-refractivity contribution in [1.82, 2.24) is 19.7 Å². The first-order valence-corrected chi connectivity index (χ1v) is 11.7. The molecule has 4 aromatic rings. The molecule has 0 unspecified atom stereocenters. The normalized spacial score (nSPS) is 11.0. The number of aromatic nitrogens is 3. The van der Waals surface area contributed by atoms with Crippen LogP contribution >= 0.6 is 0 Å². The number of aryl methyl sites for hydroxylation is 1. The number of rotatable bonds is 7. The van der Waals surface area contributed by atoms with E-state index in [1.165, 1.54) is 24.3 Å². The maximum Gasteiger partial charge on any atom is 0.352 e. The minimum atomic E-state index is -0.782. The van der Waals surface area contributed by atoms with Crippen LogP contribution in [-0.2, 0) is 13.1 Å².